The van der Waals surface area contributed by atoms with Crippen molar-refractivity contribution < 1.29 is 18.0 Å². The molecule has 6 heteroatoms. The maximum Gasteiger partial charge on any atom is 0.412 e. The van der Waals surface area contributed by atoms with Crippen LogP contribution in [0, 0.1) is 17.8 Å². The molecule has 1 amide bonds. The molecule has 1 aromatic rings. The van der Waals surface area contributed by atoms with Crippen LogP contribution in [0.3, 0.4) is 0 Å². The Kier molecular flexibility index (Phi) is 4.40. The zero-order chi connectivity index (χ0) is 17.5. The second-order valence-electron chi connectivity index (χ2n) is 6.97. The predicted octanol–water partition coefficient (Wildman–Crippen LogP) is 4.81. The van der Waals surface area contributed by atoms with Crippen LogP contribution in [0.4, 0.5) is 19.0 Å². The fourth-order valence-corrected chi connectivity index (χ4v) is 3.81. The van der Waals surface area contributed by atoms with Crippen molar-refractivity contribution in [1.29, 1.82) is 0 Å². The molecule has 0 spiro atoms. The number of aromatic nitrogens is 1. The Morgan fingerprint density at radius 3 is 2.62 bits per heavy atom. The summed E-state index contributed by atoms with van der Waals surface area (Å²) in [5.74, 6) is 0.117. The summed E-state index contributed by atoms with van der Waals surface area (Å²) in [5.41, 5.74) is 0.552. The highest BCUT2D eigenvalue weighted by molar-refractivity contribution is 5.91. The molecule has 2 atom stereocenters. The summed E-state index contributed by atoms with van der Waals surface area (Å²) in [6.07, 6.45) is -0.0493. The van der Waals surface area contributed by atoms with E-state index < -0.39 is 11.7 Å². The molecule has 0 bridgehead atoms. The second kappa shape index (κ2) is 6.22. The van der Waals surface area contributed by atoms with E-state index in [-0.39, 0.29) is 30.1 Å². The number of fused-ring (bicyclic) bond motifs is 1. The Balaban J connectivity index is 1.90. The largest absolute Gasteiger partial charge is 0.412 e. The first-order valence-electron chi connectivity index (χ1n) is 8.35. The van der Waals surface area contributed by atoms with E-state index in [4.69, 9.17) is 0 Å². The number of halogens is 3. The lowest BCUT2D eigenvalue weighted by Gasteiger charge is -2.16. The molecule has 1 heterocycles. The Morgan fingerprint density at radius 2 is 2.04 bits per heavy atom. The molecule has 1 saturated carbocycles. The highest BCUT2D eigenvalue weighted by atomic mass is 19.4. The van der Waals surface area contributed by atoms with Gasteiger partial charge in [0.25, 0.3) is 0 Å². The number of carbonyl (C=O) groups excluding carboxylic acids is 1. The molecule has 1 N–H and O–H groups in total. The van der Waals surface area contributed by atoms with Crippen molar-refractivity contribution in [2.45, 2.75) is 45.7 Å². The molecule has 3 rings (SSSR count). The number of hydrogen-bond donors (Lipinski definition) is 1. The smallest absolute Gasteiger partial charge is 0.310 e. The summed E-state index contributed by atoms with van der Waals surface area (Å²) in [7, 11) is 0. The molecule has 2 aliphatic carbocycles. The number of anilines is 1. The van der Waals surface area contributed by atoms with Gasteiger partial charge in [0.15, 0.2) is 0 Å². The molecule has 130 valence electrons. The van der Waals surface area contributed by atoms with Crippen LogP contribution in [0.1, 0.15) is 45.1 Å². The van der Waals surface area contributed by atoms with Crippen LogP contribution in [0.15, 0.2) is 23.9 Å². The normalized spacial score (nSPS) is 23.8. The fourth-order valence-electron chi connectivity index (χ4n) is 3.81. The van der Waals surface area contributed by atoms with Crippen molar-refractivity contribution in [3.8, 4) is 0 Å². The van der Waals surface area contributed by atoms with Crippen LogP contribution in [0.25, 0.3) is 5.57 Å². The lowest BCUT2D eigenvalue weighted by Crippen LogP contribution is -2.18. The van der Waals surface area contributed by atoms with E-state index in [1.165, 1.54) is 6.20 Å². The van der Waals surface area contributed by atoms with Crippen molar-refractivity contribution >= 4 is 17.3 Å². The van der Waals surface area contributed by atoms with Gasteiger partial charge in [-0.3, -0.25) is 4.79 Å². The molecule has 1 aromatic heterocycles. The van der Waals surface area contributed by atoms with Gasteiger partial charge in [-0.15, -0.1) is 0 Å². The van der Waals surface area contributed by atoms with Crippen LogP contribution >= 0.6 is 0 Å². The lowest BCUT2D eigenvalue weighted by atomic mass is 9.91. The van der Waals surface area contributed by atoms with Gasteiger partial charge in [0, 0.05) is 17.7 Å². The van der Waals surface area contributed by atoms with Crippen molar-refractivity contribution in [1.82, 2.24) is 4.98 Å². The number of allylic oxidation sites excluding steroid dienone is 2. The van der Waals surface area contributed by atoms with Crippen LogP contribution in [0.5, 0.6) is 0 Å². The number of rotatable bonds is 3. The lowest BCUT2D eigenvalue weighted by molar-refractivity contribution is -0.118. The van der Waals surface area contributed by atoms with Crippen LogP contribution in [-0.4, -0.2) is 17.1 Å². The first-order valence-corrected chi connectivity index (χ1v) is 8.35. The number of pyridine rings is 1. The van der Waals surface area contributed by atoms with E-state index in [0.717, 1.165) is 19.3 Å². The summed E-state index contributed by atoms with van der Waals surface area (Å²) < 4.78 is 40.2. The number of alkyl halides is 3. The number of hydrogen-bond acceptors (Lipinski definition) is 2. The summed E-state index contributed by atoms with van der Waals surface area (Å²) in [4.78, 5) is 15.8. The first-order chi connectivity index (χ1) is 11.3. The Labute approximate surface area is 139 Å². The molecule has 0 radical (unpaired) electrons. The number of nitrogens with zero attached hydrogens (tertiary/aromatic N) is 1. The van der Waals surface area contributed by atoms with Gasteiger partial charge in [0.1, 0.15) is 5.82 Å². The molecule has 0 saturated heterocycles. The topological polar surface area (TPSA) is 42.0 Å². The summed E-state index contributed by atoms with van der Waals surface area (Å²) >= 11 is 0. The zero-order valence-corrected chi connectivity index (χ0v) is 13.8. The zero-order valence-electron chi connectivity index (χ0n) is 13.8. The first kappa shape index (κ1) is 17.0. The van der Waals surface area contributed by atoms with Crippen molar-refractivity contribution in [2.75, 3.05) is 5.32 Å². The summed E-state index contributed by atoms with van der Waals surface area (Å²) in [6.45, 7) is 3.53. The van der Waals surface area contributed by atoms with Gasteiger partial charge in [-0.2, -0.15) is 13.2 Å². The molecule has 0 aromatic carbocycles. The Hall–Kier alpha value is -1.85. The van der Waals surface area contributed by atoms with E-state index in [9.17, 15) is 18.0 Å². The number of carbonyl (C=O) groups is 1. The van der Waals surface area contributed by atoms with Crippen LogP contribution in [-0.2, 0) is 4.79 Å². The summed E-state index contributed by atoms with van der Waals surface area (Å²) in [6, 6.07) is 3.23. The standard InChI is InChI=1S/C18H21F3N2O/c1-10(2)17(24)23-15-7-6-12(9-22-15)16-13-5-3-4-11(13)8-14(16)18(19,20)21/h6-7,9-11,13H,3-5,8H2,1-2H3,(H,22,23,24). The number of amides is 1. The van der Waals surface area contributed by atoms with Gasteiger partial charge >= 0.3 is 6.18 Å². The molecule has 0 aliphatic heterocycles. The maximum atomic E-state index is 13.4. The maximum absolute atomic E-state index is 13.4. The third-order valence-electron chi connectivity index (χ3n) is 5.01. The highest BCUT2D eigenvalue weighted by Gasteiger charge is 2.47. The minimum absolute atomic E-state index is 0.0143. The highest BCUT2D eigenvalue weighted by Crippen LogP contribution is 2.54. The average Bonchev–Trinajstić information content (AvgIpc) is 3.08. The van der Waals surface area contributed by atoms with E-state index in [1.54, 1.807) is 26.0 Å². The van der Waals surface area contributed by atoms with Gasteiger partial charge in [0.2, 0.25) is 5.91 Å². The Bertz CT molecular complexity index is 662. The molecule has 24 heavy (non-hydrogen) atoms. The monoisotopic (exact) mass is 338 g/mol. The van der Waals surface area contributed by atoms with E-state index in [2.05, 4.69) is 10.3 Å². The van der Waals surface area contributed by atoms with Crippen molar-refractivity contribution in [3.05, 3.63) is 29.5 Å². The average molecular weight is 338 g/mol. The van der Waals surface area contributed by atoms with Crippen molar-refractivity contribution in [3.63, 3.8) is 0 Å². The minimum atomic E-state index is -4.29. The van der Waals surface area contributed by atoms with E-state index >= 15 is 0 Å². The van der Waals surface area contributed by atoms with E-state index in [0.29, 0.717) is 17.0 Å². The van der Waals surface area contributed by atoms with Gasteiger partial charge in [0.05, 0.1) is 0 Å². The summed E-state index contributed by atoms with van der Waals surface area (Å²) in [5, 5.41) is 2.66. The van der Waals surface area contributed by atoms with Gasteiger partial charge in [-0.1, -0.05) is 20.3 Å². The molecule has 3 nitrogen and oxygen atoms in total. The van der Waals surface area contributed by atoms with Gasteiger partial charge < -0.3 is 5.32 Å². The SMILES string of the molecule is CC(C)C(=O)Nc1ccc(C2=C(C(F)(F)F)CC3CCCC23)cn1. The minimum Gasteiger partial charge on any atom is -0.310 e. The van der Waals surface area contributed by atoms with Gasteiger partial charge in [-0.25, -0.2) is 4.98 Å². The quantitative estimate of drug-likeness (QED) is 0.859. The third-order valence-corrected chi connectivity index (χ3v) is 5.01. The predicted molar refractivity (Wildman–Crippen MR) is 86.1 cm³/mol. The van der Waals surface area contributed by atoms with E-state index in [1.807, 2.05) is 0 Å². The van der Waals surface area contributed by atoms with Crippen LogP contribution in [0.2, 0.25) is 0 Å². The fraction of sp³-hybridized carbons (Fsp3) is 0.556. The molecule has 2 unspecified atom stereocenters. The molecule has 1 fully saturated rings. The van der Waals surface area contributed by atoms with Crippen molar-refractivity contribution in [2.24, 2.45) is 17.8 Å². The molecular weight excluding hydrogens is 317 g/mol. The molecule has 2 aliphatic rings. The van der Waals surface area contributed by atoms with Gasteiger partial charge in [-0.05, 0) is 54.4 Å². The van der Waals surface area contributed by atoms with Crippen LogP contribution < -0.4 is 5.32 Å². The molecular formula is C18H21F3N2O. The Morgan fingerprint density at radius 1 is 1.29 bits per heavy atom. The number of nitrogens with one attached hydrogen (secondary N) is 1. The second-order valence-corrected chi connectivity index (χ2v) is 6.97. The third kappa shape index (κ3) is 3.19.